The van der Waals surface area contributed by atoms with Gasteiger partial charge < -0.3 is 13.7 Å². The fourth-order valence-corrected chi connectivity index (χ4v) is 3.86. The molecule has 0 radical (unpaired) electrons. The summed E-state index contributed by atoms with van der Waals surface area (Å²) in [7, 11) is 0. The number of hydrogen-bond acceptors (Lipinski definition) is 6. The van der Waals surface area contributed by atoms with Crippen molar-refractivity contribution in [1.29, 1.82) is 0 Å². The number of carbonyl (C=O) groups is 1. The summed E-state index contributed by atoms with van der Waals surface area (Å²) >= 11 is 5.93. The van der Waals surface area contributed by atoms with E-state index in [-0.39, 0.29) is 18.5 Å². The van der Waals surface area contributed by atoms with Crippen molar-refractivity contribution in [2.45, 2.75) is 44.8 Å². The van der Waals surface area contributed by atoms with Gasteiger partial charge in [-0.15, -0.1) is 10.2 Å². The third kappa shape index (κ3) is 4.31. The summed E-state index contributed by atoms with van der Waals surface area (Å²) in [5.41, 5.74) is 2.07. The minimum Gasteiger partial charge on any atom is -0.419 e. The highest BCUT2D eigenvalue weighted by molar-refractivity contribution is 6.30. The second kappa shape index (κ2) is 8.63. The molecule has 1 saturated carbocycles. The third-order valence-corrected chi connectivity index (χ3v) is 5.77. The van der Waals surface area contributed by atoms with Crippen LogP contribution in [0.3, 0.4) is 0 Å². The van der Waals surface area contributed by atoms with Gasteiger partial charge in [-0.3, -0.25) is 9.36 Å². The van der Waals surface area contributed by atoms with E-state index in [1.165, 1.54) is 0 Å². The quantitative estimate of drug-likeness (QED) is 0.396. The van der Waals surface area contributed by atoms with Crippen LogP contribution in [0, 0.1) is 0 Å². The molecule has 1 aliphatic carbocycles. The Bertz CT molecular complexity index is 1300. The summed E-state index contributed by atoms with van der Waals surface area (Å²) in [6, 6.07) is 14.6. The first-order valence-corrected chi connectivity index (χ1v) is 10.9. The molecular weight excluding hydrogens is 432 g/mol. The first kappa shape index (κ1) is 20.5. The van der Waals surface area contributed by atoms with Gasteiger partial charge in [0.2, 0.25) is 17.7 Å². The average molecular weight is 453 g/mol. The predicted octanol–water partition coefficient (Wildman–Crippen LogP) is 4.27. The van der Waals surface area contributed by atoms with Crippen LogP contribution in [0.25, 0.3) is 22.6 Å². The maximum Gasteiger partial charge on any atom is 0.419 e. The summed E-state index contributed by atoms with van der Waals surface area (Å²) in [6.07, 6.45) is 2.79. The molecule has 1 aliphatic rings. The molecule has 0 bridgehead atoms. The Morgan fingerprint density at radius 3 is 2.66 bits per heavy atom. The van der Waals surface area contributed by atoms with E-state index >= 15 is 0 Å². The highest BCUT2D eigenvalue weighted by Crippen LogP contribution is 2.30. The van der Waals surface area contributed by atoms with Gasteiger partial charge in [-0.25, -0.2) is 4.79 Å². The van der Waals surface area contributed by atoms with Crippen molar-refractivity contribution in [2.75, 3.05) is 0 Å². The number of para-hydroxylation sites is 2. The van der Waals surface area contributed by atoms with Gasteiger partial charge >= 0.3 is 5.76 Å². The van der Waals surface area contributed by atoms with Crippen molar-refractivity contribution in [3.8, 4) is 11.5 Å². The smallest absolute Gasteiger partial charge is 0.419 e. The maximum atomic E-state index is 12.9. The van der Waals surface area contributed by atoms with Gasteiger partial charge in [0.05, 0.1) is 12.1 Å². The molecule has 9 heteroatoms. The van der Waals surface area contributed by atoms with Crippen molar-refractivity contribution < 1.29 is 13.6 Å². The standard InChI is InChI=1S/C23H21ClN4O4/c24-16-9-7-15(8-10-16)22-26-25-20(32-22)14-28(17-11-12-17)21(29)6-3-13-27-18-4-1-2-5-19(18)31-23(27)30/h1-2,4-5,7-10,17H,3,6,11-14H2. The van der Waals surface area contributed by atoms with Crippen molar-refractivity contribution >= 4 is 28.6 Å². The normalized spacial score (nSPS) is 13.5. The Morgan fingerprint density at radius 2 is 1.88 bits per heavy atom. The number of nitrogens with zero attached hydrogens (tertiary/aromatic N) is 4. The molecule has 4 aromatic rings. The molecule has 164 valence electrons. The van der Waals surface area contributed by atoms with Gasteiger partial charge in [-0.1, -0.05) is 23.7 Å². The Kier molecular flexibility index (Phi) is 5.53. The van der Waals surface area contributed by atoms with Crippen LogP contribution in [0.4, 0.5) is 0 Å². The molecule has 0 atom stereocenters. The Balaban J connectivity index is 1.23. The summed E-state index contributed by atoms with van der Waals surface area (Å²) < 4.78 is 12.6. The number of fused-ring (bicyclic) bond motifs is 1. The third-order valence-electron chi connectivity index (χ3n) is 5.52. The molecule has 8 nitrogen and oxygen atoms in total. The summed E-state index contributed by atoms with van der Waals surface area (Å²) in [5, 5.41) is 8.84. The zero-order valence-corrected chi connectivity index (χ0v) is 18.0. The molecule has 2 aromatic heterocycles. The SMILES string of the molecule is O=C(CCCn1c(=O)oc2ccccc21)N(Cc1nnc(-c2ccc(Cl)cc2)o1)C1CC1. The number of benzene rings is 2. The van der Waals surface area contributed by atoms with Crippen LogP contribution < -0.4 is 5.76 Å². The number of hydrogen-bond donors (Lipinski definition) is 0. The Hall–Kier alpha value is -3.39. The lowest BCUT2D eigenvalue weighted by Crippen LogP contribution is -2.32. The summed E-state index contributed by atoms with van der Waals surface area (Å²) in [6.45, 7) is 0.694. The van der Waals surface area contributed by atoms with Crippen LogP contribution in [-0.2, 0) is 17.9 Å². The van der Waals surface area contributed by atoms with Crippen molar-refractivity contribution in [1.82, 2.24) is 19.7 Å². The van der Waals surface area contributed by atoms with E-state index < -0.39 is 5.76 Å². The van der Waals surface area contributed by atoms with Gasteiger partial charge in [0.1, 0.15) is 0 Å². The number of aryl methyl sites for hydroxylation is 1. The largest absolute Gasteiger partial charge is 0.419 e. The molecule has 0 aliphatic heterocycles. The molecule has 1 fully saturated rings. The van der Waals surface area contributed by atoms with E-state index in [0.717, 1.165) is 23.9 Å². The first-order chi connectivity index (χ1) is 15.6. The predicted molar refractivity (Wildman–Crippen MR) is 118 cm³/mol. The van der Waals surface area contributed by atoms with Gasteiger partial charge in [-0.05, 0) is 55.7 Å². The van der Waals surface area contributed by atoms with Crippen molar-refractivity contribution in [3.63, 3.8) is 0 Å². The number of carbonyl (C=O) groups excluding carboxylic acids is 1. The molecule has 32 heavy (non-hydrogen) atoms. The van der Waals surface area contributed by atoms with Crippen molar-refractivity contribution in [2.24, 2.45) is 0 Å². The lowest BCUT2D eigenvalue weighted by atomic mass is 10.2. The molecule has 5 rings (SSSR count). The molecule has 0 unspecified atom stereocenters. The fourth-order valence-electron chi connectivity index (χ4n) is 3.74. The van der Waals surface area contributed by atoms with E-state index in [4.69, 9.17) is 20.4 Å². The molecule has 2 heterocycles. The lowest BCUT2D eigenvalue weighted by molar-refractivity contribution is -0.132. The van der Waals surface area contributed by atoms with Crippen LogP contribution in [0.5, 0.6) is 0 Å². The fraction of sp³-hybridized carbons (Fsp3) is 0.304. The van der Waals surface area contributed by atoms with Gasteiger partial charge in [0.25, 0.3) is 0 Å². The molecule has 0 saturated heterocycles. The number of rotatable bonds is 8. The molecule has 2 aromatic carbocycles. The second-order valence-electron chi connectivity index (χ2n) is 7.85. The monoisotopic (exact) mass is 452 g/mol. The number of halogens is 1. The van der Waals surface area contributed by atoms with Crippen LogP contribution in [0.15, 0.2) is 62.2 Å². The Morgan fingerprint density at radius 1 is 1.09 bits per heavy atom. The first-order valence-electron chi connectivity index (χ1n) is 10.5. The van der Waals surface area contributed by atoms with Gasteiger partial charge in [0.15, 0.2) is 5.58 Å². The van der Waals surface area contributed by atoms with E-state index in [1.54, 1.807) is 27.7 Å². The molecule has 1 amide bonds. The lowest BCUT2D eigenvalue weighted by Gasteiger charge is -2.20. The van der Waals surface area contributed by atoms with E-state index in [1.807, 2.05) is 30.3 Å². The average Bonchev–Trinajstić information content (AvgIpc) is 3.44. The van der Waals surface area contributed by atoms with Crippen LogP contribution >= 0.6 is 11.6 Å². The molecule has 0 N–H and O–H groups in total. The van der Waals surface area contributed by atoms with E-state index in [9.17, 15) is 9.59 Å². The minimum atomic E-state index is -0.404. The van der Waals surface area contributed by atoms with E-state index in [2.05, 4.69) is 10.2 Å². The van der Waals surface area contributed by atoms with Crippen molar-refractivity contribution in [3.05, 3.63) is 70.0 Å². The zero-order chi connectivity index (χ0) is 22.1. The zero-order valence-electron chi connectivity index (χ0n) is 17.2. The maximum absolute atomic E-state index is 12.9. The second-order valence-corrected chi connectivity index (χ2v) is 8.29. The summed E-state index contributed by atoms with van der Waals surface area (Å²) in [5.74, 6) is 0.399. The highest BCUT2D eigenvalue weighted by Gasteiger charge is 2.33. The number of amides is 1. The summed E-state index contributed by atoms with van der Waals surface area (Å²) in [4.78, 5) is 26.8. The molecule has 0 spiro atoms. The topological polar surface area (TPSA) is 94.4 Å². The molecular formula is C23H21ClN4O4. The number of aromatic nitrogens is 3. The van der Waals surface area contributed by atoms with E-state index in [0.29, 0.717) is 41.8 Å². The Labute approximate surface area is 188 Å². The minimum absolute atomic E-state index is 0.0135. The van der Waals surface area contributed by atoms with Gasteiger partial charge in [0, 0.05) is 29.6 Å². The van der Waals surface area contributed by atoms with Crippen LogP contribution in [-0.4, -0.2) is 31.6 Å². The van der Waals surface area contributed by atoms with Gasteiger partial charge in [-0.2, -0.15) is 0 Å². The highest BCUT2D eigenvalue weighted by atomic mass is 35.5. The van der Waals surface area contributed by atoms with Crippen LogP contribution in [0.2, 0.25) is 5.02 Å². The van der Waals surface area contributed by atoms with Crippen LogP contribution in [0.1, 0.15) is 31.6 Å². The number of oxazole rings is 1.